The fourth-order valence-corrected chi connectivity index (χ4v) is 2.96. The van der Waals surface area contributed by atoms with Crippen LogP contribution in [0, 0.1) is 6.92 Å². The fourth-order valence-electron chi connectivity index (χ4n) is 2.96. The number of amides is 1. The highest BCUT2D eigenvalue weighted by atomic mass is 16.6. The number of nitrogens with zero attached hydrogens (tertiary/aromatic N) is 2. The van der Waals surface area contributed by atoms with Gasteiger partial charge in [-0.25, -0.2) is 14.6 Å². The number of esters is 1. The Balaban J connectivity index is 2.07. The van der Waals surface area contributed by atoms with Gasteiger partial charge in [0.15, 0.2) is 5.69 Å². The highest BCUT2D eigenvalue weighted by Gasteiger charge is 2.34. The van der Waals surface area contributed by atoms with Crippen LogP contribution < -0.4 is 10.2 Å². The van der Waals surface area contributed by atoms with Gasteiger partial charge in [0.2, 0.25) is 0 Å². The van der Waals surface area contributed by atoms with Gasteiger partial charge in [0, 0.05) is 24.8 Å². The topological polar surface area (TPSA) is 80.8 Å². The van der Waals surface area contributed by atoms with Crippen molar-refractivity contribution in [1.29, 1.82) is 0 Å². The van der Waals surface area contributed by atoms with Gasteiger partial charge in [0.1, 0.15) is 5.60 Å². The van der Waals surface area contributed by atoms with E-state index in [9.17, 15) is 9.59 Å². The summed E-state index contributed by atoms with van der Waals surface area (Å²) in [5, 5.41) is 2.99. The van der Waals surface area contributed by atoms with E-state index in [1.807, 2.05) is 40.7 Å². The van der Waals surface area contributed by atoms with Crippen molar-refractivity contribution in [3.63, 3.8) is 0 Å². The summed E-state index contributed by atoms with van der Waals surface area (Å²) < 4.78 is 10.2. The second-order valence-electron chi connectivity index (χ2n) is 8.05. The van der Waals surface area contributed by atoms with Gasteiger partial charge in [0.25, 0.3) is 0 Å². The molecule has 0 aromatic carbocycles. The predicted molar refractivity (Wildman–Crippen MR) is 99.5 cm³/mol. The molecule has 0 unspecified atom stereocenters. The Morgan fingerprint density at radius 2 is 1.88 bits per heavy atom. The van der Waals surface area contributed by atoms with Crippen LogP contribution in [0.3, 0.4) is 0 Å². The van der Waals surface area contributed by atoms with Crippen molar-refractivity contribution in [3.8, 4) is 0 Å². The summed E-state index contributed by atoms with van der Waals surface area (Å²) in [4.78, 5) is 30.5. The second-order valence-corrected chi connectivity index (χ2v) is 8.05. The van der Waals surface area contributed by atoms with E-state index in [-0.39, 0.29) is 5.54 Å². The Morgan fingerprint density at radius 3 is 2.42 bits per heavy atom. The number of carbonyl (C=O) groups is 2. The van der Waals surface area contributed by atoms with Crippen molar-refractivity contribution >= 4 is 17.7 Å². The van der Waals surface area contributed by atoms with Crippen molar-refractivity contribution < 1.29 is 19.1 Å². The van der Waals surface area contributed by atoms with Crippen molar-refractivity contribution in [2.24, 2.45) is 0 Å². The first-order valence-corrected chi connectivity index (χ1v) is 8.84. The first-order chi connectivity index (χ1) is 12.0. The number of rotatable bonds is 3. The molecule has 1 aliphatic rings. The van der Waals surface area contributed by atoms with Crippen LogP contribution in [0.25, 0.3) is 0 Å². The highest BCUT2D eigenvalue weighted by molar-refractivity contribution is 5.93. The van der Waals surface area contributed by atoms with Gasteiger partial charge in [0.05, 0.1) is 12.8 Å². The summed E-state index contributed by atoms with van der Waals surface area (Å²) in [7, 11) is 1.35. The van der Waals surface area contributed by atoms with Crippen LogP contribution in [0.2, 0.25) is 0 Å². The number of anilines is 1. The van der Waals surface area contributed by atoms with Crippen LogP contribution in [0.4, 0.5) is 10.5 Å². The molecular formula is C19H29N3O4. The zero-order valence-electron chi connectivity index (χ0n) is 16.5. The SMILES string of the molecule is COC(=O)c1ncc(C)cc1N1CCC(C)(NC(=O)OC(C)(C)C)CC1. The number of pyridine rings is 1. The molecule has 0 radical (unpaired) electrons. The predicted octanol–water partition coefficient (Wildman–Crippen LogP) is 3.06. The van der Waals surface area contributed by atoms with Crippen LogP contribution in [0.1, 0.15) is 56.6 Å². The van der Waals surface area contributed by atoms with E-state index in [4.69, 9.17) is 9.47 Å². The van der Waals surface area contributed by atoms with Crippen LogP contribution >= 0.6 is 0 Å². The fraction of sp³-hybridized carbons (Fsp3) is 0.632. The molecule has 144 valence electrons. The molecule has 7 heteroatoms. The minimum Gasteiger partial charge on any atom is -0.464 e. The number of hydrogen-bond donors (Lipinski definition) is 1. The van der Waals surface area contributed by atoms with E-state index < -0.39 is 17.7 Å². The largest absolute Gasteiger partial charge is 0.464 e. The average Bonchev–Trinajstić information content (AvgIpc) is 2.52. The van der Waals surface area contributed by atoms with Gasteiger partial charge in [-0.3, -0.25) is 0 Å². The van der Waals surface area contributed by atoms with Gasteiger partial charge in [-0.1, -0.05) is 0 Å². The standard InChI is InChI=1S/C19H29N3O4/c1-13-11-14(15(20-12-13)16(23)25-6)22-9-7-19(5,8-10-22)21-17(24)26-18(2,3)4/h11-12H,7-10H2,1-6H3,(H,21,24). The van der Waals surface area contributed by atoms with Gasteiger partial charge >= 0.3 is 12.1 Å². The van der Waals surface area contributed by atoms with Crippen molar-refractivity contribution in [1.82, 2.24) is 10.3 Å². The number of nitrogens with one attached hydrogen (secondary N) is 1. The number of aryl methyl sites for hydroxylation is 1. The van der Waals surface area contributed by atoms with Gasteiger partial charge in [-0.15, -0.1) is 0 Å². The van der Waals surface area contributed by atoms with Crippen LogP contribution in [0.5, 0.6) is 0 Å². The van der Waals surface area contributed by atoms with Crippen LogP contribution in [-0.2, 0) is 9.47 Å². The zero-order valence-corrected chi connectivity index (χ0v) is 16.5. The lowest BCUT2D eigenvalue weighted by molar-refractivity contribution is 0.0448. The first-order valence-electron chi connectivity index (χ1n) is 8.84. The number of piperidine rings is 1. The maximum Gasteiger partial charge on any atom is 0.408 e. The molecule has 26 heavy (non-hydrogen) atoms. The average molecular weight is 363 g/mol. The van der Waals surface area contributed by atoms with E-state index in [0.29, 0.717) is 18.8 Å². The van der Waals surface area contributed by atoms with Crippen LogP contribution in [-0.4, -0.2) is 48.4 Å². The monoisotopic (exact) mass is 363 g/mol. The molecular weight excluding hydrogens is 334 g/mol. The van der Waals surface area contributed by atoms with Gasteiger partial charge in [-0.05, 0) is 59.1 Å². The number of ether oxygens (including phenoxy) is 2. The summed E-state index contributed by atoms with van der Waals surface area (Å²) in [5.74, 6) is -0.444. The second kappa shape index (κ2) is 7.51. The van der Waals surface area contributed by atoms with E-state index in [1.54, 1.807) is 6.20 Å². The van der Waals surface area contributed by atoms with Gasteiger partial charge in [-0.2, -0.15) is 0 Å². The molecule has 1 fully saturated rings. The molecule has 1 saturated heterocycles. The summed E-state index contributed by atoms with van der Waals surface area (Å²) in [6.07, 6.45) is 2.73. The van der Waals surface area contributed by atoms with Gasteiger partial charge < -0.3 is 19.7 Å². The van der Waals surface area contributed by atoms with E-state index in [2.05, 4.69) is 15.2 Å². The van der Waals surface area contributed by atoms with E-state index >= 15 is 0 Å². The third-order valence-electron chi connectivity index (χ3n) is 4.39. The normalized spacial score (nSPS) is 16.8. The smallest absolute Gasteiger partial charge is 0.408 e. The molecule has 2 heterocycles. The maximum absolute atomic E-state index is 12.1. The molecule has 0 spiro atoms. The molecule has 7 nitrogen and oxygen atoms in total. The molecule has 1 aromatic heterocycles. The number of methoxy groups -OCH3 is 1. The lowest BCUT2D eigenvalue weighted by atomic mass is 9.89. The molecule has 1 amide bonds. The lowest BCUT2D eigenvalue weighted by Gasteiger charge is -2.41. The number of alkyl carbamates (subject to hydrolysis) is 1. The zero-order chi connectivity index (χ0) is 19.5. The third kappa shape index (κ3) is 5.09. The first kappa shape index (κ1) is 20.0. The Hall–Kier alpha value is -2.31. The van der Waals surface area contributed by atoms with Crippen molar-refractivity contribution in [3.05, 3.63) is 23.5 Å². The molecule has 0 aliphatic carbocycles. The van der Waals surface area contributed by atoms with Crippen LogP contribution in [0.15, 0.2) is 12.3 Å². The third-order valence-corrected chi connectivity index (χ3v) is 4.39. The quantitative estimate of drug-likeness (QED) is 0.832. The maximum atomic E-state index is 12.1. The number of carbonyl (C=O) groups excluding carboxylic acids is 2. The van der Waals surface area contributed by atoms with E-state index in [0.717, 1.165) is 24.1 Å². The lowest BCUT2D eigenvalue weighted by Crippen LogP contribution is -2.54. The molecule has 1 N–H and O–H groups in total. The molecule has 1 aromatic rings. The molecule has 0 atom stereocenters. The summed E-state index contributed by atoms with van der Waals surface area (Å²) in [5.41, 5.74) is 1.21. The minimum atomic E-state index is -0.524. The summed E-state index contributed by atoms with van der Waals surface area (Å²) >= 11 is 0. The van der Waals surface area contributed by atoms with Crippen molar-refractivity contribution in [2.75, 3.05) is 25.1 Å². The number of hydrogen-bond acceptors (Lipinski definition) is 6. The Morgan fingerprint density at radius 1 is 1.27 bits per heavy atom. The molecule has 0 bridgehead atoms. The molecule has 2 rings (SSSR count). The summed E-state index contributed by atoms with van der Waals surface area (Å²) in [6, 6.07) is 1.95. The Kier molecular flexibility index (Phi) is 5.78. The molecule has 0 saturated carbocycles. The summed E-state index contributed by atoms with van der Waals surface area (Å²) in [6.45, 7) is 10.9. The number of aromatic nitrogens is 1. The Labute approximate surface area is 155 Å². The highest BCUT2D eigenvalue weighted by Crippen LogP contribution is 2.29. The minimum absolute atomic E-state index is 0.321. The van der Waals surface area contributed by atoms with Crippen molar-refractivity contribution in [2.45, 2.75) is 58.6 Å². The molecule has 1 aliphatic heterocycles. The van der Waals surface area contributed by atoms with E-state index in [1.165, 1.54) is 7.11 Å². The Bertz CT molecular complexity index is 674.